The largest absolute Gasteiger partial charge is 0.475 e. The Balaban J connectivity index is 2.56. The van der Waals surface area contributed by atoms with Gasteiger partial charge in [0.05, 0.1) is 6.61 Å². The molecule has 1 aromatic heterocycles. The van der Waals surface area contributed by atoms with Crippen LogP contribution in [0, 0.1) is 6.92 Å². The molecule has 1 heterocycles. The summed E-state index contributed by atoms with van der Waals surface area (Å²) in [6.45, 7) is 6.20. The summed E-state index contributed by atoms with van der Waals surface area (Å²) in [7, 11) is 0. The number of hydrogen-bond acceptors (Lipinski definition) is 4. The van der Waals surface area contributed by atoms with Crippen molar-refractivity contribution in [1.82, 2.24) is 4.98 Å². The van der Waals surface area contributed by atoms with E-state index in [1.807, 2.05) is 19.9 Å². The lowest BCUT2D eigenvalue weighted by Crippen LogP contribution is -2.11. The van der Waals surface area contributed by atoms with Crippen LogP contribution in [-0.2, 0) is 11.3 Å². The SMILES string of the molecule is CCOCCOc1nccc(C)c1CN. The molecule has 0 saturated heterocycles. The molecule has 15 heavy (non-hydrogen) atoms. The Bertz CT molecular complexity index is 303. The van der Waals surface area contributed by atoms with Crippen LogP contribution in [-0.4, -0.2) is 24.8 Å². The van der Waals surface area contributed by atoms with Crippen LogP contribution in [0.4, 0.5) is 0 Å². The van der Waals surface area contributed by atoms with Crippen molar-refractivity contribution in [2.24, 2.45) is 5.73 Å². The highest BCUT2D eigenvalue weighted by Gasteiger charge is 2.05. The van der Waals surface area contributed by atoms with Crippen molar-refractivity contribution in [1.29, 1.82) is 0 Å². The Labute approximate surface area is 90.4 Å². The summed E-state index contributed by atoms with van der Waals surface area (Å²) in [6.07, 6.45) is 1.73. The molecule has 0 aromatic carbocycles. The minimum Gasteiger partial charge on any atom is -0.475 e. The van der Waals surface area contributed by atoms with Gasteiger partial charge in [0, 0.05) is 24.9 Å². The summed E-state index contributed by atoms with van der Waals surface area (Å²) in [4.78, 5) is 4.15. The molecular formula is C11H18N2O2. The fourth-order valence-electron chi connectivity index (χ4n) is 1.28. The Kier molecular flexibility index (Phi) is 5.07. The van der Waals surface area contributed by atoms with Crippen LogP contribution in [0.1, 0.15) is 18.1 Å². The van der Waals surface area contributed by atoms with Gasteiger partial charge in [-0.1, -0.05) is 0 Å². The van der Waals surface area contributed by atoms with Gasteiger partial charge in [0.1, 0.15) is 6.61 Å². The molecule has 4 heteroatoms. The van der Waals surface area contributed by atoms with E-state index < -0.39 is 0 Å². The van der Waals surface area contributed by atoms with Gasteiger partial charge >= 0.3 is 0 Å². The van der Waals surface area contributed by atoms with E-state index in [0.29, 0.717) is 32.2 Å². The average molecular weight is 210 g/mol. The molecule has 0 bridgehead atoms. The number of pyridine rings is 1. The molecule has 84 valence electrons. The van der Waals surface area contributed by atoms with Gasteiger partial charge in [0.2, 0.25) is 5.88 Å². The van der Waals surface area contributed by atoms with Gasteiger partial charge < -0.3 is 15.2 Å². The third-order valence-corrected chi connectivity index (χ3v) is 2.13. The van der Waals surface area contributed by atoms with Crippen molar-refractivity contribution in [2.45, 2.75) is 20.4 Å². The molecule has 1 aromatic rings. The molecule has 0 aliphatic rings. The van der Waals surface area contributed by atoms with E-state index in [4.69, 9.17) is 15.2 Å². The lowest BCUT2D eigenvalue weighted by atomic mass is 10.1. The van der Waals surface area contributed by atoms with Crippen LogP contribution in [0.5, 0.6) is 5.88 Å². The average Bonchev–Trinajstić information content (AvgIpc) is 2.24. The Hall–Kier alpha value is -1.13. The first-order valence-corrected chi connectivity index (χ1v) is 5.14. The fourth-order valence-corrected chi connectivity index (χ4v) is 1.28. The first-order valence-electron chi connectivity index (χ1n) is 5.14. The normalized spacial score (nSPS) is 10.3. The van der Waals surface area contributed by atoms with Crippen LogP contribution in [0.15, 0.2) is 12.3 Å². The lowest BCUT2D eigenvalue weighted by Gasteiger charge is -2.10. The van der Waals surface area contributed by atoms with Crippen LogP contribution in [0.2, 0.25) is 0 Å². The molecule has 0 aliphatic heterocycles. The maximum atomic E-state index is 5.63. The van der Waals surface area contributed by atoms with E-state index in [-0.39, 0.29) is 0 Å². The standard InChI is InChI=1S/C11H18N2O2/c1-3-14-6-7-15-11-10(8-12)9(2)4-5-13-11/h4-5H,3,6-8,12H2,1-2H3. The summed E-state index contributed by atoms with van der Waals surface area (Å²) < 4.78 is 10.7. The van der Waals surface area contributed by atoms with Crippen molar-refractivity contribution >= 4 is 0 Å². The number of nitrogens with two attached hydrogens (primary N) is 1. The quantitative estimate of drug-likeness (QED) is 0.718. The third kappa shape index (κ3) is 3.49. The molecule has 0 amide bonds. The van der Waals surface area contributed by atoms with Gasteiger partial charge in [-0.25, -0.2) is 4.98 Å². The lowest BCUT2D eigenvalue weighted by molar-refractivity contribution is 0.108. The molecule has 4 nitrogen and oxygen atoms in total. The molecular weight excluding hydrogens is 192 g/mol. The number of aromatic nitrogens is 1. The highest BCUT2D eigenvalue weighted by atomic mass is 16.5. The van der Waals surface area contributed by atoms with Gasteiger partial charge in [-0.2, -0.15) is 0 Å². The summed E-state index contributed by atoms with van der Waals surface area (Å²) in [6, 6.07) is 1.93. The van der Waals surface area contributed by atoms with Crippen LogP contribution < -0.4 is 10.5 Å². The van der Waals surface area contributed by atoms with Crippen molar-refractivity contribution in [3.63, 3.8) is 0 Å². The molecule has 0 spiro atoms. The monoisotopic (exact) mass is 210 g/mol. The second-order valence-corrected chi connectivity index (χ2v) is 3.16. The summed E-state index contributed by atoms with van der Waals surface area (Å²) in [5, 5.41) is 0. The number of aryl methyl sites for hydroxylation is 1. The molecule has 0 saturated carbocycles. The van der Waals surface area contributed by atoms with Crippen LogP contribution >= 0.6 is 0 Å². The van der Waals surface area contributed by atoms with E-state index in [2.05, 4.69) is 4.98 Å². The predicted molar refractivity (Wildman–Crippen MR) is 58.9 cm³/mol. The molecule has 1 rings (SSSR count). The summed E-state index contributed by atoms with van der Waals surface area (Å²) >= 11 is 0. The molecule has 0 aliphatic carbocycles. The molecule has 0 fully saturated rings. The zero-order valence-corrected chi connectivity index (χ0v) is 9.32. The maximum Gasteiger partial charge on any atom is 0.218 e. The predicted octanol–water partition coefficient (Wildman–Crippen LogP) is 1.26. The zero-order valence-electron chi connectivity index (χ0n) is 9.32. The fraction of sp³-hybridized carbons (Fsp3) is 0.545. The van der Waals surface area contributed by atoms with E-state index in [1.54, 1.807) is 6.20 Å². The summed E-state index contributed by atoms with van der Waals surface area (Å²) in [5.41, 5.74) is 7.71. The van der Waals surface area contributed by atoms with Crippen LogP contribution in [0.25, 0.3) is 0 Å². The van der Waals surface area contributed by atoms with E-state index in [1.165, 1.54) is 0 Å². The van der Waals surface area contributed by atoms with Crippen molar-refractivity contribution < 1.29 is 9.47 Å². The van der Waals surface area contributed by atoms with E-state index in [9.17, 15) is 0 Å². The topological polar surface area (TPSA) is 57.4 Å². The molecule has 0 atom stereocenters. The number of ether oxygens (including phenoxy) is 2. The second-order valence-electron chi connectivity index (χ2n) is 3.16. The molecule has 2 N–H and O–H groups in total. The highest BCUT2D eigenvalue weighted by molar-refractivity contribution is 5.33. The second kappa shape index (κ2) is 6.37. The minimum absolute atomic E-state index is 0.448. The van der Waals surface area contributed by atoms with Gasteiger partial charge in [0.15, 0.2) is 0 Å². The maximum absolute atomic E-state index is 5.63. The highest BCUT2D eigenvalue weighted by Crippen LogP contribution is 2.17. The third-order valence-electron chi connectivity index (χ3n) is 2.13. The van der Waals surface area contributed by atoms with Gasteiger partial charge in [-0.15, -0.1) is 0 Å². The van der Waals surface area contributed by atoms with Crippen molar-refractivity contribution in [2.75, 3.05) is 19.8 Å². The summed E-state index contributed by atoms with van der Waals surface area (Å²) in [5.74, 6) is 0.622. The Morgan fingerprint density at radius 2 is 2.20 bits per heavy atom. The smallest absolute Gasteiger partial charge is 0.218 e. The Morgan fingerprint density at radius 1 is 1.40 bits per heavy atom. The molecule has 0 radical (unpaired) electrons. The number of rotatable bonds is 6. The first-order chi connectivity index (χ1) is 7.29. The van der Waals surface area contributed by atoms with E-state index in [0.717, 1.165) is 11.1 Å². The first kappa shape index (κ1) is 11.9. The van der Waals surface area contributed by atoms with Gasteiger partial charge in [-0.05, 0) is 25.5 Å². The number of hydrogen-bond donors (Lipinski definition) is 1. The van der Waals surface area contributed by atoms with Crippen molar-refractivity contribution in [3.8, 4) is 5.88 Å². The van der Waals surface area contributed by atoms with E-state index >= 15 is 0 Å². The zero-order chi connectivity index (χ0) is 11.1. The van der Waals surface area contributed by atoms with Crippen molar-refractivity contribution in [3.05, 3.63) is 23.4 Å². The molecule has 0 unspecified atom stereocenters. The van der Waals surface area contributed by atoms with Crippen LogP contribution in [0.3, 0.4) is 0 Å². The van der Waals surface area contributed by atoms with Gasteiger partial charge in [0.25, 0.3) is 0 Å². The Morgan fingerprint density at radius 3 is 2.87 bits per heavy atom. The number of nitrogens with zero attached hydrogens (tertiary/aromatic N) is 1. The minimum atomic E-state index is 0.448. The van der Waals surface area contributed by atoms with Gasteiger partial charge in [-0.3, -0.25) is 0 Å².